The fraction of sp³-hybridized carbons (Fsp3) is 0.350. The Kier molecular flexibility index (Phi) is 4.03. The third kappa shape index (κ3) is 2.81. The van der Waals surface area contributed by atoms with Crippen LogP contribution in [0.5, 0.6) is 0 Å². The average Bonchev–Trinajstić information content (AvgIpc) is 3.17. The zero-order valence-electron chi connectivity index (χ0n) is 16.0. The molecule has 0 spiro atoms. The van der Waals surface area contributed by atoms with Crippen LogP contribution in [0.4, 0.5) is 11.6 Å². The summed E-state index contributed by atoms with van der Waals surface area (Å²) in [6, 6.07) is 12.1. The molecule has 0 bridgehead atoms. The Bertz CT molecular complexity index is 1120. The van der Waals surface area contributed by atoms with Crippen LogP contribution < -0.4 is 9.80 Å². The minimum atomic E-state index is 0.337. The minimum absolute atomic E-state index is 0.337. The van der Waals surface area contributed by atoms with Gasteiger partial charge in [0.15, 0.2) is 11.5 Å². The number of hydrogen-bond acceptors (Lipinski definition) is 7. The second-order valence-corrected chi connectivity index (χ2v) is 7.39. The molecule has 8 heteroatoms. The molecule has 1 aliphatic rings. The van der Waals surface area contributed by atoms with Gasteiger partial charge >= 0.3 is 0 Å². The highest BCUT2D eigenvalue weighted by molar-refractivity contribution is 5.89. The second-order valence-electron chi connectivity index (χ2n) is 7.39. The lowest BCUT2D eigenvalue weighted by atomic mass is 9.96. The maximum atomic E-state index is 4.71. The van der Waals surface area contributed by atoms with E-state index in [1.54, 1.807) is 6.33 Å². The Labute approximate surface area is 162 Å². The van der Waals surface area contributed by atoms with Crippen molar-refractivity contribution in [3.63, 3.8) is 0 Å². The fourth-order valence-corrected chi connectivity index (χ4v) is 3.88. The summed E-state index contributed by atoms with van der Waals surface area (Å²) < 4.78 is 1.90. The molecule has 3 aromatic heterocycles. The standard InChI is InChI=1S/C20H22N8/c1-26(2)18-8-7-17-23-24-19(28(17)25-18)14-9-11-27(12-10-14)20-15-5-3-4-6-16(15)21-13-22-20/h3-8,13-14H,9-12H2,1-2H3. The van der Waals surface area contributed by atoms with Crippen molar-refractivity contribution >= 4 is 28.2 Å². The van der Waals surface area contributed by atoms with E-state index in [0.717, 1.165) is 59.9 Å². The van der Waals surface area contributed by atoms with Gasteiger partial charge < -0.3 is 9.80 Å². The van der Waals surface area contributed by atoms with Gasteiger partial charge in [-0.1, -0.05) is 12.1 Å². The highest BCUT2D eigenvalue weighted by Crippen LogP contribution is 2.31. The number of piperidine rings is 1. The molecular formula is C20H22N8. The highest BCUT2D eigenvalue weighted by atomic mass is 15.4. The normalized spacial score (nSPS) is 15.4. The van der Waals surface area contributed by atoms with Crippen LogP contribution >= 0.6 is 0 Å². The summed E-state index contributed by atoms with van der Waals surface area (Å²) in [5.41, 5.74) is 1.78. The number of nitrogens with zero attached hydrogens (tertiary/aromatic N) is 8. The van der Waals surface area contributed by atoms with Crippen molar-refractivity contribution in [1.82, 2.24) is 29.8 Å². The first-order valence-electron chi connectivity index (χ1n) is 9.55. The van der Waals surface area contributed by atoms with E-state index in [-0.39, 0.29) is 0 Å². The van der Waals surface area contributed by atoms with E-state index < -0.39 is 0 Å². The summed E-state index contributed by atoms with van der Waals surface area (Å²) in [5, 5.41) is 14.6. The number of rotatable bonds is 3. The van der Waals surface area contributed by atoms with E-state index in [0.29, 0.717) is 5.92 Å². The first-order valence-corrected chi connectivity index (χ1v) is 9.55. The van der Waals surface area contributed by atoms with Crippen LogP contribution in [0.3, 0.4) is 0 Å². The monoisotopic (exact) mass is 374 g/mol. The lowest BCUT2D eigenvalue weighted by molar-refractivity contribution is 0.476. The molecule has 1 saturated heterocycles. The molecule has 8 nitrogen and oxygen atoms in total. The molecule has 0 aliphatic carbocycles. The number of benzene rings is 1. The number of anilines is 2. The molecule has 1 aromatic carbocycles. The van der Waals surface area contributed by atoms with Gasteiger partial charge in [-0.05, 0) is 37.1 Å². The smallest absolute Gasteiger partial charge is 0.178 e. The quantitative estimate of drug-likeness (QED) is 0.545. The van der Waals surface area contributed by atoms with Gasteiger partial charge in [-0.25, -0.2) is 9.97 Å². The van der Waals surface area contributed by atoms with Gasteiger partial charge in [0.1, 0.15) is 18.0 Å². The van der Waals surface area contributed by atoms with Crippen molar-refractivity contribution in [2.45, 2.75) is 18.8 Å². The van der Waals surface area contributed by atoms with Crippen LogP contribution in [0.2, 0.25) is 0 Å². The van der Waals surface area contributed by atoms with Crippen molar-refractivity contribution in [3.05, 3.63) is 48.5 Å². The zero-order chi connectivity index (χ0) is 19.1. The lowest BCUT2D eigenvalue weighted by Gasteiger charge is -2.32. The van der Waals surface area contributed by atoms with Crippen LogP contribution in [0.25, 0.3) is 16.6 Å². The average molecular weight is 374 g/mol. The fourth-order valence-electron chi connectivity index (χ4n) is 3.88. The van der Waals surface area contributed by atoms with Crippen molar-refractivity contribution in [3.8, 4) is 0 Å². The first-order chi connectivity index (χ1) is 13.7. The summed E-state index contributed by atoms with van der Waals surface area (Å²) in [6.07, 6.45) is 3.64. The zero-order valence-corrected chi connectivity index (χ0v) is 16.0. The van der Waals surface area contributed by atoms with E-state index >= 15 is 0 Å². The van der Waals surface area contributed by atoms with Crippen LogP contribution in [-0.4, -0.2) is 57.0 Å². The molecule has 0 saturated carbocycles. The van der Waals surface area contributed by atoms with Gasteiger partial charge in [-0.3, -0.25) is 0 Å². The van der Waals surface area contributed by atoms with Gasteiger partial charge in [0.2, 0.25) is 0 Å². The van der Waals surface area contributed by atoms with Crippen molar-refractivity contribution in [2.24, 2.45) is 0 Å². The summed E-state index contributed by atoms with van der Waals surface area (Å²) >= 11 is 0. The molecule has 1 fully saturated rings. The van der Waals surface area contributed by atoms with E-state index in [4.69, 9.17) is 5.10 Å². The summed E-state index contributed by atoms with van der Waals surface area (Å²) in [6.45, 7) is 1.85. The Hall–Kier alpha value is -3.29. The molecule has 5 rings (SSSR count). The number of hydrogen-bond donors (Lipinski definition) is 0. The largest absolute Gasteiger partial charge is 0.361 e. The van der Waals surface area contributed by atoms with Crippen molar-refractivity contribution in [2.75, 3.05) is 37.0 Å². The highest BCUT2D eigenvalue weighted by Gasteiger charge is 2.26. The molecule has 1 aliphatic heterocycles. The molecule has 0 amide bonds. The van der Waals surface area contributed by atoms with Gasteiger partial charge in [0, 0.05) is 38.5 Å². The van der Waals surface area contributed by atoms with Crippen LogP contribution in [-0.2, 0) is 0 Å². The van der Waals surface area contributed by atoms with Crippen LogP contribution in [0.1, 0.15) is 24.6 Å². The molecule has 0 atom stereocenters. The number of aromatic nitrogens is 6. The Morgan fingerprint density at radius 1 is 0.964 bits per heavy atom. The van der Waals surface area contributed by atoms with E-state index in [2.05, 4.69) is 31.1 Å². The van der Waals surface area contributed by atoms with E-state index in [1.807, 2.05) is 53.8 Å². The molecule has 28 heavy (non-hydrogen) atoms. The molecule has 4 aromatic rings. The summed E-state index contributed by atoms with van der Waals surface area (Å²) in [5.74, 6) is 3.21. The number of para-hydroxylation sites is 1. The third-order valence-corrected chi connectivity index (χ3v) is 5.41. The van der Waals surface area contributed by atoms with Crippen LogP contribution in [0.15, 0.2) is 42.7 Å². The Morgan fingerprint density at radius 2 is 1.79 bits per heavy atom. The molecular weight excluding hydrogens is 352 g/mol. The van der Waals surface area contributed by atoms with Gasteiger partial charge in [-0.2, -0.15) is 4.52 Å². The topological polar surface area (TPSA) is 75.3 Å². The van der Waals surface area contributed by atoms with Crippen molar-refractivity contribution < 1.29 is 0 Å². The van der Waals surface area contributed by atoms with E-state index in [1.165, 1.54) is 0 Å². The molecule has 142 valence electrons. The maximum absolute atomic E-state index is 4.71. The minimum Gasteiger partial charge on any atom is -0.361 e. The Balaban J connectivity index is 1.40. The van der Waals surface area contributed by atoms with Gasteiger partial charge in [0.25, 0.3) is 0 Å². The maximum Gasteiger partial charge on any atom is 0.178 e. The van der Waals surface area contributed by atoms with Gasteiger partial charge in [0.05, 0.1) is 5.52 Å². The SMILES string of the molecule is CN(C)c1ccc2nnc(C3CCN(c4ncnc5ccccc45)CC3)n2n1. The Morgan fingerprint density at radius 3 is 2.61 bits per heavy atom. The molecule has 0 radical (unpaired) electrons. The number of fused-ring (bicyclic) bond motifs is 2. The second kappa shape index (κ2) is 6.70. The predicted molar refractivity (Wildman–Crippen MR) is 109 cm³/mol. The molecule has 0 unspecified atom stereocenters. The third-order valence-electron chi connectivity index (χ3n) is 5.41. The van der Waals surface area contributed by atoms with E-state index in [9.17, 15) is 0 Å². The van der Waals surface area contributed by atoms with Gasteiger partial charge in [-0.15, -0.1) is 15.3 Å². The predicted octanol–water partition coefficient (Wildman–Crippen LogP) is 2.52. The van der Waals surface area contributed by atoms with Crippen molar-refractivity contribution in [1.29, 1.82) is 0 Å². The summed E-state index contributed by atoms with van der Waals surface area (Å²) in [4.78, 5) is 13.3. The van der Waals surface area contributed by atoms with Crippen LogP contribution in [0, 0.1) is 0 Å². The molecule has 4 heterocycles. The first kappa shape index (κ1) is 16.9. The summed E-state index contributed by atoms with van der Waals surface area (Å²) in [7, 11) is 3.98. The molecule has 0 N–H and O–H groups in total. The lowest BCUT2D eigenvalue weighted by Crippen LogP contribution is -2.34.